The SMILES string of the molecule is O=C(CSc1n[nH]c(/C=C/c2ccccc2)n1)N1CCCc2ccccc21. The van der Waals surface area contributed by atoms with Crippen LogP contribution in [0, 0.1) is 0 Å². The molecule has 0 atom stereocenters. The summed E-state index contributed by atoms with van der Waals surface area (Å²) in [6.07, 6.45) is 5.90. The summed E-state index contributed by atoms with van der Waals surface area (Å²) in [5.41, 5.74) is 3.38. The molecule has 1 amide bonds. The standard InChI is InChI=1S/C21H20N4OS/c26-20(25-14-6-10-17-9-4-5-11-18(17)25)15-27-21-22-19(23-24-21)13-12-16-7-2-1-3-8-16/h1-5,7-9,11-13H,6,10,14-15H2,(H,22,23,24)/b13-12+. The molecule has 5 nitrogen and oxygen atoms in total. The van der Waals surface area contributed by atoms with Gasteiger partial charge in [0, 0.05) is 12.2 Å². The van der Waals surface area contributed by atoms with E-state index in [1.54, 1.807) is 0 Å². The third-order valence-corrected chi connectivity index (χ3v) is 5.28. The molecule has 6 heteroatoms. The minimum absolute atomic E-state index is 0.0957. The van der Waals surface area contributed by atoms with Crippen LogP contribution in [-0.2, 0) is 11.2 Å². The average Bonchev–Trinajstić information content (AvgIpc) is 3.19. The molecule has 0 saturated carbocycles. The number of fused-ring (bicyclic) bond motifs is 1. The molecular formula is C21H20N4OS. The molecule has 2 aromatic carbocycles. The van der Waals surface area contributed by atoms with Crippen molar-refractivity contribution in [2.24, 2.45) is 0 Å². The fourth-order valence-corrected chi connectivity index (χ4v) is 3.81. The Morgan fingerprint density at radius 3 is 2.81 bits per heavy atom. The minimum Gasteiger partial charge on any atom is -0.311 e. The number of nitrogens with one attached hydrogen (secondary N) is 1. The number of rotatable bonds is 5. The number of aromatic amines is 1. The van der Waals surface area contributed by atoms with Crippen molar-refractivity contribution in [2.45, 2.75) is 18.0 Å². The van der Waals surface area contributed by atoms with Crippen LogP contribution >= 0.6 is 11.8 Å². The quantitative estimate of drug-likeness (QED) is 0.683. The van der Waals surface area contributed by atoms with E-state index in [-0.39, 0.29) is 5.91 Å². The second kappa shape index (κ2) is 8.22. The summed E-state index contributed by atoms with van der Waals surface area (Å²) < 4.78 is 0. The Labute approximate surface area is 162 Å². The lowest BCUT2D eigenvalue weighted by Gasteiger charge is -2.29. The molecule has 0 radical (unpaired) electrons. The van der Waals surface area contributed by atoms with Crippen LogP contribution in [0.2, 0.25) is 0 Å². The number of para-hydroxylation sites is 1. The number of benzene rings is 2. The van der Waals surface area contributed by atoms with Crippen LogP contribution in [0.1, 0.15) is 23.4 Å². The summed E-state index contributed by atoms with van der Waals surface area (Å²) in [6, 6.07) is 18.2. The number of anilines is 1. The van der Waals surface area contributed by atoms with Crippen molar-refractivity contribution in [2.75, 3.05) is 17.2 Å². The van der Waals surface area contributed by atoms with E-state index in [2.05, 4.69) is 21.2 Å². The van der Waals surface area contributed by atoms with Crippen LogP contribution in [0.25, 0.3) is 12.2 Å². The molecule has 1 N–H and O–H groups in total. The highest BCUT2D eigenvalue weighted by Crippen LogP contribution is 2.27. The second-order valence-electron chi connectivity index (χ2n) is 6.31. The lowest BCUT2D eigenvalue weighted by atomic mass is 10.0. The van der Waals surface area contributed by atoms with Gasteiger partial charge in [0.25, 0.3) is 0 Å². The number of aryl methyl sites for hydroxylation is 1. The molecule has 0 aliphatic carbocycles. The van der Waals surface area contributed by atoms with Crippen LogP contribution in [0.5, 0.6) is 0 Å². The number of nitrogens with zero attached hydrogens (tertiary/aromatic N) is 3. The Bertz CT molecular complexity index is 952. The van der Waals surface area contributed by atoms with Crippen molar-refractivity contribution < 1.29 is 4.79 Å². The van der Waals surface area contributed by atoms with Crippen LogP contribution in [0.3, 0.4) is 0 Å². The van der Waals surface area contributed by atoms with E-state index in [0.717, 1.165) is 30.6 Å². The third-order valence-electron chi connectivity index (χ3n) is 4.45. The Morgan fingerprint density at radius 1 is 1.11 bits per heavy atom. The maximum Gasteiger partial charge on any atom is 0.237 e. The van der Waals surface area contributed by atoms with Crippen LogP contribution in [0.15, 0.2) is 59.8 Å². The van der Waals surface area contributed by atoms with E-state index in [1.807, 2.05) is 65.6 Å². The van der Waals surface area contributed by atoms with E-state index >= 15 is 0 Å². The molecule has 0 bridgehead atoms. The summed E-state index contributed by atoms with van der Waals surface area (Å²) in [6.45, 7) is 0.773. The van der Waals surface area contributed by atoms with Gasteiger partial charge in [-0.15, -0.1) is 5.10 Å². The minimum atomic E-state index is 0.0957. The molecule has 4 rings (SSSR count). The first-order valence-electron chi connectivity index (χ1n) is 8.96. The number of carbonyl (C=O) groups excluding carboxylic acids is 1. The van der Waals surface area contributed by atoms with Gasteiger partial charge >= 0.3 is 0 Å². The second-order valence-corrected chi connectivity index (χ2v) is 7.26. The topological polar surface area (TPSA) is 61.9 Å². The first-order chi connectivity index (χ1) is 13.3. The lowest BCUT2D eigenvalue weighted by molar-refractivity contribution is -0.116. The lowest BCUT2D eigenvalue weighted by Crippen LogP contribution is -2.36. The molecule has 3 aromatic rings. The highest BCUT2D eigenvalue weighted by atomic mass is 32.2. The van der Waals surface area contributed by atoms with Crippen molar-refractivity contribution in [1.29, 1.82) is 0 Å². The predicted octanol–water partition coefficient (Wildman–Crippen LogP) is 4.05. The third kappa shape index (κ3) is 4.28. The van der Waals surface area contributed by atoms with Gasteiger partial charge < -0.3 is 4.90 Å². The molecule has 2 heterocycles. The first-order valence-corrected chi connectivity index (χ1v) is 9.95. The molecule has 0 unspecified atom stereocenters. The summed E-state index contributed by atoms with van der Waals surface area (Å²) in [5.74, 6) is 1.10. The molecule has 0 saturated heterocycles. The van der Waals surface area contributed by atoms with Crippen molar-refractivity contribution in [3.8, 4) is 0 Å². The Kier molecular flexibility index (Phi) is 5.34. The van der Waals surface area contributed by atoms with Gasteiger partial charge in [-0.05, 0) is 36.1 Å². The van der Waals surface area contributed by atoms with E-state index < -0.39 is 0 Å². The average molecular weight is 376 g/mol. The monoisotopic (exact) mass is 376 g/mol. The van der Waals surface area contributed by atoms with Gasteiger partial charge in [-0.25, -0.2) is 4.98 Å². The van der Waals surface area contributed by atoms with Gasteiger partial charge in [-0.1, -0.05) is 66.4 Å². The fourth-order valence-electron chi connectivity index (χ4n) is 3.13. The van der Waals surface area contributed by atoms with Crippen molar-refractivity contribution in [3.05, 3.63) is 71.5 Å². The summed E-state index contributed by atoms with van der Waals surface area (Å²) in [7, 11) is 0. The Hall–Kier alpha value is -2.86. The van der Waals surface area contributed by atoms with Gasteiger partial charge in [-0.2, -0.15) is 0 Å². The molecular weight excluding hydrogens is 356 g/mol. The number of carbonyl (C=O) groups is 1. The summed E-state index contributed by atoms with van der Waals surface area (Å²) in [5, 5.41) is 7.68. The number of H-pyrrole nitrogens is 1. The smallest absolute Gasteiger partial charge is 0.237 e. The van der Waals surface area contributed by atoms with Crippen LogP contribution in [-0.4, -0.2) is 33.4 Å². The zero-order chi connectivity index (χ0) is 18.5. The fraction of sp³-hybridized carbons (Fsp3) is 0.190. The molecule has 0 fully saturated rings. The molecule has 1 aliphatic rings. The summed E-state index contributed by atoms with van der Waals surface area (Å²) >= 11 is 1.36. The molecule has 0 spiro atoms. The number of aromatic nitrogens is 3. The van der Waals surface area contributed by atoms with E-state index in [1.165, 1.54) is 17.3 Å². The first kappa shape index (κ1) is 17.5. The molecule has 136 valence electrons. The number of hydrogen-bond donors (Lipinski definition) is 1. The molecule has 1 aromatic heterocycles. The highest BCUT2D eigenvalue weighted by Gasteiger charge is 2.22. The van der Waals surface area contributed by atoms with E-state index in [0.29, 0.717) is 16.7 Å². The van der Waals surface area contributed by atoms with Crippen molar-refractivity contribution in [3.63, 3.8) is 0 Å². The molecule has 1 aliphatic heterocycles. The predicted molar refractivity (Wildman–Crippen MR) is 110 cm³/mol. The maximum absolute atomic E-state index is 12.7. The largest absolute Gasteiger partial charge is 0.311 e. The van der Waals surface area contributed by atoms with E-state index in [9.17, 15) is 4.79 Å². The van der Waals surface area contributed by atoms with Gasteiger partial charge in [0.2, 0.25) is 11.1 Å². The van der Waals surface area contributed by atoms with Gasteiger partial charge in [-0.3, -0.25) is 9.89 Å². The molecule has 27 heavy (non-hydrogen) atoms. The number of hydrogen-bond acceptors (Lipinski definition) is 4. The van der Waals surface area contributed by atoms with Crippen LogP contribution < -0.4 is 4.90 Å². The van der Waals surface area contributed by atoms with E-state index in [4.69, 9.17) is 0 Å². The Balaban J connectivity index is 1.36. The highest BCUT2D eigenvalue weighted by molar-refractivity contribution is 7.99. The van der Waals surface area contributed by atoms with Gasteiger partial charge in [0.05, 0.1) is 5.75 Å². The number of thioether (sulfide) groups is 1. The summed E-state index contributed by atoms with van der Waals surface area (Å²) in [4.78, 5) is 19.0. The van der Waals surface area contributed by atoms with Gasteiger partial charge in [0.15, 0.2) is 0 Å². The zero-order valence-electron chi connectivity index (χ0n) is 14.8. The maximum atomic E-state index is 12.7. The van der Waals surface area contributed by atoms with Crippen molar-refractivity contribution in [1.82, 2.24) is 15.2 Å². The van der Waals surface area contributed by atoms with Gasteiger partial charge in [0.1, 0.15) is 5.82 Å². The van der Waals surface area contributed by atoms with Crippen LogP contribution in [0.4, 0.5) is 5.69 Å². The zero-order valence-corrected chi connectivity index (χ0v) is 15.7. The Morgan fingerprint density at radius 2 is 1.93 bits per heavy atom. The van der Waals surface area contributed by atoms with Crippen molar-refractivity contribution >= 4 is 35.5 Å². The normalized spacial score (nSPS) is 13.7. The number of amides is 1.